The number of carbonyl (C=O) groups is 1. The molecule has 7 heteroatoms. The first-order valence-electron chi connectivity index (χ1n) is 9.87. The van der Waals surface area contributed by atoms with E-state index in [1.807, 2.05) is 24.3 Å². The number of carbonyl (C=O) groups excluding carboxylic acids is 1. The van der Waals surface area contributed by atoms with Crippen LogP contribution in [0, 0.1) is 5.41 Å². The van der Waals surface area contributed by atoms with E-state index < -0.39 is 0 Å². The first kappa shape index (κ1) is 18.9. The molecule has 2 aromatic rings. The largest absolute Gasteiger partial charge is 0.358 e. The maximum absolute atomic E-state index is 12.9. The number of fused-ring (bicyclic) bond motifs is 1. The Morgan fingerprint density at radius 1 is 1.25 bits per heavy atom. The fraction of sp³-hybridized carbons (Fsp3) is 0.381. The molecule has 1 aromatic heterocycles. The van der Waals surface area contributed by atoms with Gasteiger partial charge in [0, 0.05) is 29.7 Å². The highest BCUT2D eigenvalue weighted by atomic mass is 31.0. The van der Waals surface area contributed by atoms with Crippen molar-refractivity contribution in [2.75, 3.05) is 5.32 Å². The molecule has 4 rings (SSSR count). The molecule has 2 heterocycles. The molecule has 146 valence electrons. The van der Waals surface area contributed by atoms with Crippen LogP contribution < -0.4 is 15.9 Å². The normalized spacial score (nSPS) is 19.1. The second-order valence-corrected chi connectivity index (χ2v) is 8.02. The molecule has 2 unspecified atom stereocenters. The molecule has 1 amide bonds. The van der Waals surface area contributed by atoms with Gasteiger partial charge in [0.25, 0.3) is 5.91 Å². The van der Waals surface area contributed by atoms with Crippen molar-refractivity contribution < 1.29 is 4.79 Å². The lowest BCUT2D eigenvalue weighted by Gasteiger charge is -2.28. The van der Waals surface area contributed by atoms with E-state index in [9.17, 15) is 4.79 Å². The van der Waals surface area contributed by atoms with Gasteiger partial charge < -0.3 is 20.6 Å². The molecule has 28 heavy (non-hydrogen) atoms. The van der Waals surface area contributed by atoms with Gasteiger partial charge in [-0.3, -0.25) is 4.79 Å². The van der Waals surface area contributed by atoms with Crippen molar-refractivity contribution in [1.82, 2.24) is 14.9 Å². The summed E-state index contributed by atoms with van der Waals surface area (Å²) in [5.41, 5.74) is 4.45. The molecule has 1 aliphatic carbocycles. The van der Waals surface area contributed by atoms with Crippen LogP contribution in [-0.4, -0.2) is 27.7 Å². The second kappa shape index (κ2) is 8.27. The molecule has 2 atom stereocenters. The van der Waals surface area contributed by atoms with Crippen molar-refractivity contribution in [3.8, 4) is 0 Å². The average molecular weight is 395 g/mol. The monoisotopic (exact) mass is 395 g/mol. The third-order valence-corrected chi connectivity index (χ3v) is 6.08. The Balaban J connectivity index is 1.55. The zero-order chi connectivity index (χ0) is 19.5. The summed E-state index contributed by atoms with van der Waals surface area (Å²) >= 11 is 0. The lowest BCUT2D eigenvalue weighted by Crippen LogP contribution is -2.40. The molecule has 6 nitrogen and oxygen atoms in total. The van der Waals surface area contributed by atoms with Gasteiger partial charge in [0.05, 0.1) is 18.1 Å². The summed E-state index contributed by atoms with van der Waals surface area (Å²) in [6.07, 6.45) is 8.96. The van der Waals surface area contributed by atoms with E-state index in [0.717, 1.165) is 73.0 Å². The number of nitrogens with one attached hydrogen (secondary N) is 3. The molecule has 2 aliphatic rings. The minimum Gasteiger partial charge on any atom is -0.358 e. The van der Waals surface area contributed by atoms with Gasteiger partial charge >= 0.3 is 0 Å². The molecular formula is C21H26N5OP. The second-order valence-electron chi connectivity index (χ2n) is 7.40. The van der Waals surface area contributed by atoms with E-state index in [1.54, 1.807) is 6.33 Å². The van der Waals surface area contributed by atoms with E-state index in [0.29, 0.717) is 5.69 Å². The Labute approximate surface area is 167 Å². The highest BCUT2D eigenvalue weighted by molar-refractivity contribution is 7.28. The molecule has 0 saturated heterocycles. The van der Waals surface area contributed by atoms with Gasteiger partial charge in [-0.1, -0.05) is 18.2 Å². The van der Waals surface area contributed by atoms with Gasteiger partial charge in [-0.2, -0.15) is 0 Å². The van der Waals surface area contributed by atoms with Crippen molar-refractivity contribution in [3.05, 3.63) is 53.3 Å². The zero-order valence-electron chi connectivity index (χ0n) is 15.9. The maximum Gasteiger partial charge on any atom is 0.272 e. The molecule has 1 aromatic carbocycles. The summed E-state index contributed by atoms with van der Waals surface area (Å²) in [5, 5.41) is 15.6. The van der Waals surface area contributed by atoms with E-state index in [4.69, 9.17) is 5.41 Å². The summed E-state index contributed by atoms with van der Waals surface area (Å²) in [6.45, 7) is 0.938. The van der Waals surface area contributed by atoms with Crippen LogP contribution >= 0.6 is 9.24 Å². The number of aromatic nitrogens is 2. The number of amides is 1. The minimum atomic E-state index is -0.168. The summed E-state index contributed by atoms with van der Waals surface area (Å²) in [7, 11) is 2.73. The van der Waals surface area contributed by atoms with Crippen LogP contribution in [0.5, 0.6) is 0 Å². The average Bonchev–Trinajstić information content (AvgIpc) is 3.14. The number of allylic oxidation sites excluding steroid dienone is 1. The number of para-hydroxylation sites is 1. The van der Waals surface area contributed by atoms with Crippen molar-refractivity contribution in [3.63, 3.8) is 0 Å². The maximum atomic E-state index is 12.9. The van der Waals surface area contributed by atoms with Gasteiger partial charge in [-0.15, -0.1) is 9.24 Å². The fourth-order valence-electron chi connectivity index (χ4n) is 4.09. The van der Waals surface area contributed by atoms with E-state index in [2.05, 4.69) is 29.4 Å². The molecule has 0 saturated carbocycles. The highest BCUT2D eigenvalue weighted by Crippen LogP contribution is 2.26. The van der Waals surface area contributed by atoms with Crippen LogP contribution in [0.2, 0.25) is 0 Å². The Kier molecular flexibility index (Phi) is 5.58. The predicted molar refractivity (Wildman–Crippen MR) is 115 cm³/mol. The topological polar surface area (TPSA) is 82.8 Å². The first-order valence-corrected chi connectivity index (χ1v) is 10.4. The predicted octanol–water partition coefficient (Wildman–Crippen LogP) is 3.02. The summed E-state index contributed by atoms with van der Waals surface area (Å²) in [5.74, 6) is -0.132. The number of imidazole rings is 1. The molecule has 0 radical (unpaired) electrons. The summed E-state index contributed by atoms with van der Waals surface area (Å²) in [4.78, 5) is 17.3. The van der Waals surface area contributed by atoms with E-state index in [1.165, 1.54) is 6.21 Å². The third kappa shape index (κ3) is 3.74. The van der Waals surface area contributed by atoms with Crippen molar-refractivity contribution >= 4 is 32.4 Å². The van der Waals surface area contributed by atoms with Gasteiger partial charge in [0.1, 0.15) is 5.69 Å². The summed E-state index contributed by atoms with van der Waals surface area (Å²) in [6, 6.07) is 7.87. The van der Waals surface area contributed by atoms with Crippen LogP contribution in [0.4, 0.5) is 5.69 Å². The Morgan fingerprint density at radius 3 is 2.93 bits per heavy atom. The van der Waals surface area contributed by atoms with Crippen LogP contribution in [0.25, 0.3) is 0 Å². The molecule has 1 aliphatic heterocycles. The number of aryl methyl sites for hydroxylation is 1. The number of rotatable bonds is 5. The van der Waals surface area contributed by atoms with Gasteiger partial charge in [-0.25, -0.2) is 4.98 Å². The highest BCUT2D eigenvalue weighted by Gasteiger charge is 2.27. The molecule has 0 spiro atoms. The Hall–Kier alpha value is -2.46. The Bertz CT molecular complexity index is 933. The quantitative estimate of drug-likeness (QED) is 0.538. The van der Waals surface area contributed by atoms with Crippen LogP contribution in [0.3, 0.4) is 0 Å². The SMILES string of the molecule is N=CC1=C(Nc2ccccc2P)CCCC1NC(=O)c1ncn2c1CCCC2. The standard InChI is InChI=1S/C21H26N5OP/c22-12-14-15(24-17-6-1-2-10-19(17)28)7-5-8-16(14)25-21(27)20-18-9-3-4-11-26(18)13-23-20/h1-2,6,10,12-13,16,22,24H,3-5,7-9,11,28H2,(H,25,27). The van der Waals surface area contributed by atoms with Gasteiger partial charge in [0.15, 0.2) is 0 Å². The van der Waals surface area contributed by atoms with E-state index >= 15 is 0 Å². The lowest BCUT2D eigenvalue weighted by molar-refractivity contribution is 0.0934. The van der Waals surface area contributed by atoms with Crippen molar-refractivity contribution in [2.45, 2.75) is 51.1 Å². The number of hydrogen-bond acceptors (Lipinski definition) is 4. The van der Waals surface area contributed by atoms with Crippen LogP contribution in [-0.2, 0) is 13.0 Å². The number of hydrogen-bond donors (Lipinski definition) is 3. The third-order valence-electron chi connectivity index (χ3n) is 5.57. The van der Waals surface area contributed by atoms with Gasteiger partial charge in [0.2, 0.25) is 0 Å². The van der Waals surface area contributed by atoms with Crippen molar-refractivity contribution in [1.29, 1.82) is 5.41 Å². The molecule has 0 bridgehead atoms. The van der Waals surface area contributed by atoms with E-state index in [-0.39, 0.29) is 11.9 Å². The fourth-order valence-corrected chi connectivity index (χ4v) is 4.37. The number of nitrogens with zero attached hydrogens (tertiary/aromatic N) is 2. The number of benzene rings is 1. The Morgan fingerprint density at radius 2 is 2.11 bits per heavy atom. The minimum absolute atomic E-state index is 0.132. The molecule has 3 N–H and O–H groups in total. The number of anilines is 1. The van der Waals surface area contributed by atoms with Gasteiger partial charge in [-0.05, 0) is 49.9 Å². The molecular weight excluding hydrogens is 369 g/mol. The lowest BCUT2D eigenvalue weighted by atomic mass is 9.91. The smallest absolute Gasteiger partial charge is 0.272 e. The van der Waals surface area contributed by atoms with Crippen LogP contribution in [0.15, 0.2) is 41.9 Å². The zero-order valence-corrected chi connectivity index (χ0v) is 17.0. The summed E-state index contributed by atoms with van der Waals surface area (Å²) < 4.78 is 2.09. The first-order chi connectivity index (χ1) is 13.7. The van der Waals surface area contributed by atoms with Crippen LogP contribution in [0.1, 0.15) is 48.3 Å². The van der Waals surface area contributed by atoms with Crippen molar-refractivity contribution in [2.24, 2.45) is 0 Å². The molecule has 0 fully saturated rings.